The molecule has 0 aliphatic rings. The smallest absolute Gasteiger partial charge is 0.338 e. The van der Waals surface area contributed by atoms with Gasteiger partial charge in [0.1, 0.15) is 17.3 Å². The first-order chi connectivity index (χ1) is 8.99. The van der Waals surface area contributed by atoms with Crippen molar-refractivity contribution in [2.75, 3.05) is 5.32 Å². The lowest BCUT2D eigenvalue weighted by molar-refractivity contribution is 0.0691. The van der Waals surface area contributed by atoms with E-state index < -0.39 is 34.8 Å². The number of hydrogen-bond donors (Lipinski definition) is 3. The van der Waals surface area contributed by atoms with Crippen LogP contribution in [0.25, 0.3) is 0 Å². The van der Waals surface area contributed by atoms with Gasteiger partial charge in [0.25, 0.3) is 5.91 Å². The third-order valence-electron chi connectivity index (χ3n) is 2.38. The molecule has 0 bridgehead atoms. The third-order valence-corrected chi connectivity index (χ3v) is 2.38. The highest BCUT2D eigenvalue weighted by Crippen LogP contribution is 2.20. The Balaban J connectivity index is 2.32. The fourth-order valence-electron chi connectivity index (χ4n) is 1.47. The van der Waals surface area contributed by atoms with Crippen molar-refractivity contribution in [1.29, 1.82) is 0 Å². The standard InChI is InChI=1S/C12H8F2N2O3/c13-7-5-8(14)10(4-6(7)12(18)19)16-11(17)9-2-1-3-15-9/h1-5,15H,(H,16,17)(H,18,19). The molecule has 0 spiro atoms. The zero-order valence-corrected chi connectivity index (χ0v) is 9.41. The molecule has 1 amide bonds. The lowest BCUT2D eigenvalue weighted by Crippen LogP contribution is -2.14. The summed E-state index contributed by atoms with van der Waals surface area (Å²) >= 11 is 0. The highest BCUT2D eigenvalue weighted by Gasteiger charge is 2.17. The van der Waals surface area contributed by atoms with Crippen LogP contribution >= 0.6 is 0 Å². The molecule has 19 heavy (non-hydrogen) atoms. The summed E-state index contributed by atoms with van der Waals surface area (Å²) in [6.45, 7) is 0. The second kappa shape index (κ2) is 4.89. The lowest BCUT2D eigenvalue weighted by Gasteiger charge is -2.07. The Kier molecular flexibility index (Phi) is 3.28. The number of rotatable bonds is 3. The Morgan fingerprint density at radius 2 is 1.95 bits per heavy atom. The molecule has 0 aliphatic heterocycles. The molecular formula is C12H8F2N2O3. The fourth-order valence-corrected chi connectivity index (χ4v) is 1.47. The molecule has 7 heteroatoms. The summed E-state index contributed by atoms with van der Waals surface area (Å²) in [6, 6.07) is 4.16. The molecule has 2 aromatic rings. The number of nitrogens with one attached hydrogen (secondary N) is 2. The molecule has 2 rings (SSSR count). The van der Waals surface area contributed by atoms with Crippen molar-refractivity contribution in [3.63, 3.8) is 0 Å². The zero-order chi connectivity index (χ0) is 14.0. The number of hydrogen-bond acceptors (Lipinski definition) is 2. The van der Waals surface area contributed by atoms with E-state index in [9.17, 15) is 18.4 Å². The number of carbonyl (C=O) groups excluding carboxylic acids is 1. The first-order valence-corrected chi connectivity index (χ1v) is 5.16. The molecule has 0 radical (unpaired) electrons. The predicted molar refractivity (Wildman–Crippen MR) is 62.1 cm³/mol. The van der Waals surface area contributed by atoms with Crippen molar-refractivity contribution in [3.8, 4) is 0 Å². The van der Waals surface area contributed by atoms with Crippen molar-refractivity contribution in [2.45, 2.75) is 0 Å². The minimum absolute atomic E-state index is 0.167. The maximum atomic E-state index is 13.4. The average molecular weight is 266 g/mol. The zero-order valence-electron chi connectivity index (χ0n) is 9.41. The van der Waals surface area contributed by atoms with Crippen molar-refractivity contribution in [3.05, 3.63) is 53.4 Å². The molecule has 1 aromatic heterocycles. The van der Waals surface area contributed by atoms with Crippen molar-refractivity contribution < 1.29 is 23.5 Å². The minimum Gasteiger partial charge on any atom is -0.478 e. The molecule has 0 aliphatic carbocycles. The van der Waals surface area contributed by atoms with Gasteiger partial charge in [-0.3, -0.25) is 4.79 Å². The number of halogens is 2. The molecule has 0 saturated carbocycles. The van der Waals surface area contributed by atoms with Crippen LogP contribution in [0.2, 0.25) is 0 Å². The van der Waals surface area contributed by atoms with E-state index >= 15 is 0 Å². The number of aromatic amines is 1. The summed E-state index contributed by atoms with van der Waals surface area (Å²) in [5, 5.41) is 10.9. The quantitative estimate of drug-likeness (QED) is 0.796. The van der Waals surface area contributed by atoms with E-state index in [1.54, 1.807) is 6.07 Å². The van der Waals surface area contributed by atoms with Crippen LogP contribution in [-0.2, 0) is 0 Å². The second-order valence-corrected chi connectivity index (χ2v) is 3.65. The van der Waals surface area contributed by atoms with Crippen molar-refractivity contribution in [2.24, 2.45) is 0 Å². The van der Waals surface area contributed by atoms with Crippen LogP contribution in [-0.4, -0.2) is 22.0 Å². The predicted octanol–water partition coefficient (Wildman–Crippen LogP) is 2.24. The van der Waals surface area contributed by atoms with Gasteiger partial charge < -0.3 is 15.4 Å². The Morgan fingerprint density at radius 1 is 1.21 bits per heavy atom. The van der Waals surface area contributed by atoms with Crippen LogP contribution < -0.4 is 5.32 Å². The average Bonchev–Trinajstić information content (AvgIpc) is 2.85. The summed E-state index contributed by atoms with van der Waals surface area (Å²) in [7, 11) is 0. The van der Waals surface area contributed by atoms with Gasteiger partial charge in [-0.2, -0.15) is 0 Å². The molecule has 0 fully saturated rings. The van der Waals surface area contributed by atoms with Gasteiger partial charge in [-0.05, 0) is 18.2 Å². The van der Waals surface area contributed by atoms with Gasteiger partial charge in [-0.25, -0.2) is 13.6 Å². The second-order valence-electron chi connectivity index (χ2n) is 3.65. The van der Waals surface area contributed by atoms with Crippen molar-refractivity contribution >= 4 is 17.6 Å². The molecule has 5 nitrogen and oxygen atoms in total. The summed E-state index contributed by atoms with van der Waals surface area (Å²) in [6.07, 6.45) is 1.50. The monoisotopic (exact) mass is 266 g/mol. The number of H-pyrrole nitrogens is 1. The SMILES string of the molecule is O=C(Nc1cc(C(=O)O)c(F)cc1F)c1ccc[nH]1. The number of aromatic carboxylic acids is 1. The van der Waals surface area contributed by atoms with E-state index in [0.29, 0.717) is 6.07 Å². The molecule has 1 heterocycles. The third kappa shape index (κ3) is 2.59. The maximum Gasteiger partial charge on any atom is 0.338 e. The molecule has 0 unspecified atom stereocenters. The topological polar surface area (TPSA) is 82.2 Å². The molecule has 3 N–H and O–H groups in total. The van der Waals surface area contributed by atoms with E-state index in [1.807, 2.05) is 0 Å². The van der Waals surface area contributed by atoms with Gasteiger partial charge >= 0.3 is 5.97 Å². The van der Waals surface area contributed by atoms with Gasteiger partial charge in [-0.15, -0.1) is 0 Å². The van der Waals surface area contributed by atoms with Crippen LogP contribution in [0.1, 0.15) is 20.8 Å². The minimum atomic E-state index is -1.55. The number of anilines is 1. The van der Waals surface area contributed by atoms with E-state index in [0.717, 1.165) is 6.07 Å². The van der Waals surface area contributed by atoms with Gasteiger partial charge in [0.05, 0.1) is 11.3 Å². The summed E-state index contributed by atoms with van der Waals surface area (Å²) in [5.41, 5.74) is -0.956. The van der Waals surface area contributed by atoms with Gasteiger partial charge in [-0.1, -0.05) is 0 Å². The van der Waals surface area contributed by atoms with Crippen molar-refractivity contribution in [1.82, 2.24) is 4.98 Å². The van der Waals surface area contributed by atoms with Crippen LogP contribution in [0.3, 0.4) is 0 Å². The molecule has 0 saturated heterocycles. The summed E-state index contributed by atoms with van der Waals surface area (Å²) in [5.74, 6) is -4.47. The highest BCUT2D eigenvalue weighted by atomic mass is 19.1. The number of carboxylic acid groups (broad SMARTS) is 1. The number of benzene rings is 1. The molecule has 0 atom stereocenters. The lowest BCUT2D eigenvalue weighted by atomic mass is 10.1. The highest BCUT2D eigenvalue weighted by molar-refractivity contribution is 6.03. The first kappa shape index (κ1) is 12.7. The Labute approximate surface area is 105 Å². The van der Waals surface area contributed by atoms with E-state index in [1.165, 1.54) is 12.3 Å². The van der Waals surface area contributed by atoms with Crippen LogP contribution in [0, 0.1) is 11.6 Å². The van der Waals surface area contributed by atoms with E-state index in [4.69, 9.17) is 5.11 Å². The largest absolute Gasteiger partial charge is 0.478 e. The Morgan fingerprint density at radius 3 is 2.53 bits per heavy atom. The van der Waals surface area contributed by atoms with Gasteiger partial charge in [0, 0.05) is 12.3 Å². The van der Waals surface area contributed by atoms with Gasteiger partial charge in [0.2, 0.25) is 0 Å². The Bertz CT molecular complexity index is 639. The summed E-state index contributed by atoms with van der Waals surface area (Å²) in [4.78, 5) is 25.0. The fraction of sp³-hybridized carbons (Fsp3) is 0. The van der Waals surface area contributed by atoms with Crippen LogP contribution in [0.5, 0.6) is 0 Å². The maximum absolute atomic E-state index is 13.4. The number of carboxylic acids is 1. The Hall–Kier alpha value is -2.70. The van der Waals surface area contributed by atoms with Gasteiger partial charge in [0.15, 0.2) is 0 Å². The number of amides is 1. The van der Waals surface area contributed by atoms with Crippen LogP contribution in [0.15, 0.2) is 30.5 Å². The van der Waals surface area contributed by atoms with E-state index in [2.05, 4.69) is 10.3 Å². The molecule has 98 valence electrons. The summed E-state index contributed by atoms with van der Waals surface area (Å²) < 4.78 is 26.6. The first-order valence-electron chi connectivity index (χ1n) is 5.16. The number of carbonyl (C=O) groups is 2. The number of aromatic nitrogens is 1. The normalized spacial score (nSPS) is 10.2. The molecule has 1 aromatic carbocycles. The molecular weight excluding hydrogens is 258 g/mol. The van der Waals surface area contributed by atoms with Crippen LogP contribution in [0.4, 0.5) is 14.5 Å². The van der Waals surface area contributed by atoms with E-state index in [-0.39, 0.29) is 5.69 Å².